The summed E-state index contributed by atoms with van der Waals surface area (Å²) in [4.78, 5) is 0. The van der Waals surface area contributed by atoms with E-state index in [9.17, 15) is 0 Å². The summed E-state index contributed by atoms with van der Waals surface area (Å²) in [6.07, 6.45) is 0. The average Bonchev–Trinajstić information content (AvgIpc) is 3.02. The van der Waals surface area contributed by atoms with Crippen LogP contribution in [0.4, 0.5) is 0 Å². The number of ether oxygens (including phenoxy) is 2. The van der Waals surface area contributed by atoms with Crippen molar-refractivity contribution in [3.63, 3.8) is 0 Å². The Morgan fingerprint density at radius 2 is 2.20 bits per heavy atom. The number of rotatable bonds is 4. The molecule has 2 aromatic rings. The minimum Gasteiger partial charge on any atom is -0.493 e. The lowest BCUT2D eigenvalue weighted by molar-refractivity contribution is 0.310. The Labute approximate surface area is 121 Å². The highest BCUT2D eigenvalue weighted by Crippen LogP contribution is 2.41. The van der Waals surface area contributed by atoms with Gasteiger partial charge >= 0.3 is 0 Å². The van der Waals surface area contributed by atoms with E-state index >= 15 is 0 Å². The number of methoxy groups -OCH3 is 1. The molecule has 3 rings (SSSR count). The molecule has 0 fully saturated rings. The molecule has 2 heterocycles. The van der Waals surface area contributed by atoms with Gasteiger partial charge in [0.1, 0.15) is 11.2 Å². The van der Waals surface area contributed by atoms with Crippen molar-refractivity contribution < 1.29 is 9.47 Å². The third kappa shape index (κ3) is 2.18. The third-order valence-electron chi connectivity index (χ3n) is 3.06. The van der Waals surface area contributed by atoms with Gasteiger partial charge in [-0.05, 0) is 31.5 Å². The number of nitrogens with one attached hydrogen (secondary N) is 1. The van der Waals surface area contributed by atoms with Crippen LogP contribution in [0.3, 0.4) is 0 Å². The first-order chi connectivity index (χ1) is 9.72. The van der Waals surface area contributed by atoms with E-state index in [1.165, 1.54) is 0 Å². The highest BCUT2D eigenvalue weighted by atomic mass is 32.2. The van der Waals surface area contributed by atoms with Gasteiger partial charge < -0.3 is 14.9 Å². The van der Waals surface area contributed by atoms with Crippen molar-refractivity contribution >= 4 is 11.8 Å². The highest BCUT2D eigenvalue weighted by molar-refractivity contribution is 7.99. The standard InChI is InChI=1S/C13H16N4O2S/c1-4-19-10-6-5-9(7-11(10)18-3)12-16-17-8(2)14-15-13(17)20-12/h5-7,12,16H,4H2,1-3H3. The number of aryl methyl sites for hydroxylation is 1. The first kappa shape index (κ1) is 13.1. The van der Waals surface area contributed by atoms with E-state index in [-0.39, 0.29) is 5.37 Å². The normalized spacial score (nSPS) is 16.6. The smallest absolute Gasteiger partial charge is 0.212 e. The monoisotopic (exact) mass is 292 g/mol. The predicted octanol–water partition coefficient (Wildman–Crippen LogP) is 2.34. The third-order valence-corrected chi connectivity index (χ3v) is 4.14. The number of benzene rings is 1. The largest absolute Gasteiger partial charge is 0.493 e. The summed E-state index contributed by atoms with van der Waals surface area (Å²) in [5, 5.41) is 9.12. The number of fused-ring (bicyclic) bond motifs is 1. The van der Waals surface area contributed by atoms with Crippen LogP contribution >= 0.6 is 11.8 Å². The van der Waals surface area contributed by atoms with Gasteiger partial charge in [0.05, 0.1) is 13.7 Å². The van der Waals surface area contributed by atoms with Gasteiger partial charge in [-0.2, -0.15) is 0 Å². The number of nitrogens with zero attached hydrogens (tertiary/aromatic N) is 3. The fourth-order valence-corrected chi connectivity index (χ4v) is 3.11. The van der Waals surface area contributed by atoms with Crippen LogP contribution in [0.2, 0.25) is 0 Å². The molecular weight excluding hydrogens is 276 g/mol. The molecule has 106 valence electrons. The van der Waals surface area contributed by atoms with Crippen LogP contribution in [0.25, 0.3) is 0 Å². The molecular formula is C13H16N4O2S. The summed E-state index contributed by atoms with van der Waals surface area (Å²) >= 11 is 1.63. The first-order valence-corrected chi connectivity index (χ1v) is 7.27. The molecule has 0 aliphatic carbocycles. The maximum Gasteiger partial charge on any atom is 0.212 e. The van der Waals surface area contributed by atoms with Gasteiger partial charge in [0.2, 0.25) is 5.16 Å². The maximum absolute atomic E-state index is 5.53. The molecule has 1 atom stereocenters. The van der Waals surface area contributed by atoms with Crippen LogP contribution in [0.15, 0.2) is 23.4 Å². The zero-order chi connectivity index (χ0) is 14.1. The lowest BCUT2D eigenvalue weighted by atomic mass is 10.2. The molecule has 1 aliphatic heterocycles. The van der Waals surface area contributed by atoms with E-state index in [0.717, 1.165) is 28.0 Å². The van der Waals surface area contributed by atoms with Gasteiger partial charge in [0.15, 0.2) is 11.5 Å². The molecule has 1 N–H and O–H groups in total. The van der Waals surface area contributed by atoms with E-state index in [4.69, 9.17) is 9.47 Å². The van der Waals surface area contributed by atoms with Crippen molar-refractivity contribution in [2.24, 2.45) is 0 Å². The lowest BCUT2D eigenvalue weighted by Crippen LogP contribution is -2.14. The molecule has 0 spiro atoms. The minimum atomic E-state index is 0.101. The zero-order valence-electron chi connectivity index (χ0n) is 11.6. The van der Waals surface area contributed by atoms with Crippen molar-refractivity contribution in [1.29, 1.82) is 0 Å². The number of thioether (sulfide) groups is 1. The Balaban J connectivity index is 1.85. The van der Waals surface area contributed by atoms with Gasteiger partial charge in [-0.15, -0.1) is 10.2 Å². The van der Waals surface area contributed by atoms with Crippen molar-refractivity contribution in [1.82, 2.24) is 14.9 Å². The summed E-state index contributed by atoms with van der Waals surface area (Å²) in [6, 6.07) is 5.96. The SMILES string of the molecule is CCOc1ccc(C2Nn3c(C)nnc3S2)cc1OC. The van der Waals surface area contributed by atoms with E-state index in [1.54, 1.807) is 18.9 Å². The molecule has 1 aromatic carbocycles. The molecule has 0 saturated carbocycles. The molecule has 0 radical (unpaired) electrons. The molecule has 1 unspecified atom stereocenters. The van der Waals surface area contributed by atoms with Crippen molar-refractivity contribution in [2.45, 2.75) is 24.4 Å². The van der Waals surface area contributed by atoms with E-state index in [1.807, 2.05) is 36.7 Å². The van der Waals surface area contributed by atoms with Crippen molar-refractivity contribution in [3.8, 4) is 11.5 Å². The van der Waals surface area contributed by atoms with Crippen LogP contribution in [0.1, 0.15) is 23.7 Å². The van der Waals surface area contributed by atoms with Crippen LogP contribution in [-0.4, -0.2) is 28.6 Å². The molecule has 1 aromatic heterocycles. The number of hydrogen-bond donors (Lipinski definition) is 1. The molecule has 20 heavy (non-hydrogen) atoms. The van der Waals surface area contributed by atoms with Gasteiger partial charge in [-0.3, -0.25) is 0 Å². The maximum atomic E-state index is 5.53. The van der Waals surface area contributed by atoms with Crippen LogP contribution in [-0.2, 0) is 0 Å². The van der Waals surface area contributed by atoms with E-state index < -0.39 is 0 Å². The number of hydrogen-bond acceptors (Lipinski definition) is 6. The van der Waals surface area contributed by atoms with Crippen LogP contribution in [0, 0.1) is 6.92 Å². The zero-order valence-corrected chi connectivity index (χ0v) is 12.4. The topological polar surface area (TPSA) is 61.2 Å². The minimum absolute atomic E-state index is 0.101. The molecule has 0 saturated heterocycles. The number of aromatic nitrogens is 3. The quantitative estimate of drug-likeness (QED) is 0.933. The van der Waals surface area contributed by atoms with Crippen LogP contribution < -0.4 is 14.9 Å². The van der Waals surface area contributed by atoms with Crippen molar-refractivity contribution in [2.75, 3.05) is 19.1 Å². The Kier molecular flexibility index (Phi) is 3.43. The van der Waals surface area contributed by atoms with Gasteiger partial charge in [-0.1, -0.05) is 17.8 Å². The summed E-state index contributed by atoms with van der Waals surface area (Å²) < 4.78 is 12.8. The van der Waals surface area contributed by atoms with E-state index in [2.05, 4.69) is 15.6 Å². The summed E-state index contributed by atoms with van der Waals surface area (Å²) in [5.41, 5.74) is 4.47. The second-order valence-corrected chi connectivity index (χ2v) is 5.41. The summed E-state index contributed by atoms with van der Waals surface area (Å²) in [5.74, 6) is 2.36. The Bertz CT molecular complexity index is 629. The molecule has 7 heteroatoms. The summed E-state index contributed by atoms with van der Waals surface area (Å²) in [6.45, 7) is 4.49. The van der Waals surface area contributed by atoms with Crippen LogP contribution in [0.5, 0.6) is 11.5 Å². The lowest BCUT2D eigenvalue weighted by Gasteiger charge is -2.15. The summed E-state index contributed by atoms with van der Waals surface area (Å²) in [7, 11) is 1.65. The van der Waals surface area contributed by atoms with Gasteiger partial charge in [-0.25, -0.2) is 4.68 Å². The Morgan fingerprint density at radius 1 is 1.35 bits per heavy atom. The second-order valence-electron chi connectivity index (χ2n) is 4.34. The highest BCUT2D eigenvalue weighted by Gasteiger charge is 2.27. The fourth-order valence-electron chi connectivity index (χ4n) is 2.08. The molecule has 6 nitrogen and oxygen atoms in total. The van der Waals surface area contributed by atoms with E-state index in [0.29, 0.717) is 6.61 Å². The first-order valence-electron chi connectivity index (χ1n) is 6.39. The van der Waals surface area contributed by atoms with Gasteiger partial charge in [0.25, 0.3) is 0 Å². The second kappa shape index (κ2) is 5.24. The van der Waals surface area contributed by atoms with Gasteiger partial charge in [0, 0.05) is 0 Å². The Hall–Kier alpha value is -1.89. The fraction of sp³-hybridized carbons (Fsp3) is 0.385. The average molecular weight is 292 g/mol. The van der Waals surface area contributed by atoms with Crippen molar-refractivity contribution in [3.05, 3.63) is 29.6 Å². The molecule has 1 aliphatic rings. The Morgan fingerprint density at radius 3 is 2.90 bits per heavy atom. The molecule has 0 bridgehead atoms. The predicted molar refractivity (Wildman–Crippen MR) is 76.9 cm³/mol. The molecule has 0 amide bonds.